The van der Waals surface area contributed by atoms with Crippen LogP contribution in [0.1, 0.15) is 32.3 Å². The summed E-state index contributed by atoms with van der Waals surface area (Å²) < 4.78 is 43.6. The van der Waals surface area contributed by atoms with Crippen LogP contribution in [0.4, 0.5) is 13.2 Å². The summed E-state index contributed by atoms with van der Waals surface area (Å²) in [5, 5.41) is 5.40. The molecule has 0 aliphatic heterocycles. The minimum Gasteiger partial charge on any atom is -0.382 e. The first-order chi connectivity index (χ1) is 10.4. The van der Waals surface area contributed by atoms with Crippen molar-refractivity contribution in [3.63, 3.8) is 0 Å². The lowest BCUT2D eigenvalue weighted by Gasteiger charge is -2.29. The maximum atomic E-state index is 12.8. The molecule has 1 atom stereocenters. The molecule has 0 aliphatic carbocycles. The molecule has 0 aromatic heterocycles. The quantitative estimate of drug-likeness (QED) is 0.533. The Morgan fingerprint density at radius 3 is 2.32 bits per heavy atom. The Labute approximate surface area is 129 Å². The Hall–Kier alpha value is -1.56. The second kappa shape index (κ2) is 8.78. The van der Waals surface area contributed by atoms with E-state index in [9.17, 15) is 13.2 Å². The van der Waals surface area contributed by atoms with E-state index in [0.717, 1.165) is 10.6 Å². The van der Waals surface area contributed by atoms with Gasteiger partial charge in [-0.05, 0) is 18.4 Å². The smallest absolute Gasteiger partial charge is 0.382 e. The first kappa shape index (κ1) is 18.5. The monoisotopic (exact) mass is 316 g/mol. The second-order valence-electron chi connectivity index (χ2n) is 5.00. The van der Waals surface area contributed by atoms with Crippen molar-refractivity contribution in [1.29, 1.82) is 0 Å². The summed E-state index contributed by atoms with van der Waals surface area (Å²) in [4.78, 5) is 0. The Morgan fingerprint density at radius 1 is 1.23 bits per heavy atom. The van der Waals surface area contributed by atoms with Gasteiger partial charge >= 0.3 is 6.18 Å². The van der Waals surface area contributed by atoms with Gasteiger partial charge in [-0.2, -0.15) is 18.3 Å². The van der Waals surface area contributed by atoms with Crippen molar-refractivity contribution in [1.82, 2.24) is 5.01 Å². The van der Waals surface area contributed by atoms with E-state index in [2.05, 4.69) is 5.10 Å². The van der Waals surface area contributed by atoms with Crippen molar-refractivity contribution >= 4 is 5.71 Å². The summed E-state index contributed by atoms with van der Waals surface area (Å²) >= 11 is 0. The Kier molecular flexibility index (Phi) is 7.38. The Bertz CT molecular complexity index is 460. The fourth-order valence-corrected chi connectivity index (χ4v) is 2.15. The average molecular weight is 316 g/mol. The van der Waals surface area contributed by atoms with Gasteiger partial charge in [-0.25, -0.2) is 0 Å². The molecule has 0 bridgehead atoms. The minimum absolute atomic E-state index is 0.210. The molecule has 0 radical (unpaired) electrons. The van der Waals surface area contributed by atoms with E-state index in [4.69, 9.17) is 4.74 Å². The van der Waals surface area contributed by atoms with Gasteiger partial charge in [0.1, 0.15) is 6.54 Å². The van der Waals surface area contributed by atoms with Gasteiger partial charge in [0.25, 0.3) is 0 Å². The van der Waals surface area contributed by atoms with Crippen LogP contribution in [0, 0.1) is 0 Å². The number of benzene rings is 1. The number of hydrogen-bond acceptors (Lipinski definition) is 3. The van der Waals surface area contributed by atoms with E-state index in [1.54, 1.807) is 0 Å². The molecule has 0 aliphatic rings. The normalized spacial score (nSPS) is 14.0. The van der Waals surface area contributed by atoms with E-state index in [-0.39, 0.29) is 6.61 Å². The second-order valence-corrected chi connectivity index (χ2v) is 5.00. The molecule has 0 amide bonds. The van der Waals surface area contributed by atoms with E-state index in [0.29, 0.717) is 18.6 Å². The van der Waals surface area contributed by atoms with E-state index in [1.807, 2.05) is 44.2 Å². The number of halogens is 3. The van der Waals surface area contributed by atoms with Gasteiger partial charge in [-0.3, -0.25) is 5.01 Å². The van der Waals surface area contributed by atoms with Gasteiger partial charge in [0.15, 0.2) is 0 Å². The molecule has 22 heavy (non-hydrogen) atoms. The van der Waals surface area contributed by atoms with Crippen LogP contribution in [0.25, 0.3) is 0 Å². The summed E-state index contributed by atoms with van der Waals surface area (Å²) in [5.74, 6) is 0. The lowest BCUT2D eigenvalue weighted by atomic mass is 10.1. The SMILES string of the molecule is CC/C(=N\N(CC(F)(F)F)[C@H](CC)COC)c1ccccc1. The van der Waals surface area contributed by atoms with Crippen molar-refractivity contribution in [2.24, 2.45) is 5.10 Å². The number of ether oxygens (including phenoxy) is 1. The van der Waals surface area contributed by atoms with E-state index >= 15 is 0 Å². The fraction of sp³-hybridized carbons (Fsp3) is 0.562. The van der Waals surface area contributed by atoms with Crippen molar-refractivity contribution in [2.45, 2.75) is 38.9 Å². The summed E-state index contributed by atoms with van der Waals surface area (Å²) in [6.07, 6.45) is -3.22. The molecule has 0 spiro atoms. The zero-order valence-electron chi connectivity index (χ0n) is 13.2. The van der Waals surface area contributed by atoms with Gasteiger partial charge < -0.3 is 4.74 Å². The summed E-state index contributed by atoms with van der Waals surface area (Å²) in [5.41, 5.74) is 1.48. The predicted octanol–water partition coefficient (Wildman–Crippen LogP) is 4.09. The molecule has 0 unspecified atom stereocenters. The zero-order valence-corrected chi connectivity index (χ0v) is 13.2. The van der Waals surface area contributed by atoms with Crippen LogP contribution < -0.4 is 0 Å². The van der Waals surface area contributed by atoms with E-state index in [1.165, 1.54) is 7.11 Å². The van der Waals surface area contributed by atoms with Crippen molar-refractivity contribution in [3.8, 4) is 0 Å². The molecular formula is C16H23F3N2O. The Balaban J connectivity index is 3.10. The zero-order chi connectivity index (χ0) is 16.6. The third-order valence-corrected chi connectivity index (χ3v) is 3.28. The molecule has 0 heterocycles. The standard InChI is InChI=1S/C16H23F3N2O/c1-4-14(11-22-3)21(12-16(17,18)19)20-15(5-2)13-9-7-6-8-10-13/h6-10,14H,4-5,11-12H2,1-3H3/b20-15+/t14-/m1/s1. The number of hydrazone groups is 1. The van der Waals surface area contributed by atoms with Crippen molar-refractivity contribution < 1.29 is 17.9 Å². The highest BCUT2D eigenvalue weighted by Gasteiger charge is 2.33. The van der Waals surface area contributed by atoms with Crippen LogP contribution in [-0.4, -0.2) is 43.2 Å². The molecule has 1 rings (SSSR count). The number of nitrogens with zero attached hydrogens (tertiary/aromatic N) is 2. The molecule has 0 saturated carbocycles. The van der Waals surface area contributed by atoms with Gasteiger partial charge in [0.05, 0.1) is 18.4 Å². The molecule has 1 aromatic rings. The number of hydrogen-bond donors (Lipinski definition) is 0. The lowest BCUT2D eigenvalue weighted by molar-refractivity contribution is -0.153. The molecule has 3 nitrogen and oxygen atoms in total. The Morgan fingerprint density at radius 2 is 1.86 bits per heavy atom. The number of rotatable bonds is 8. The highest BCUT2D eigenvalue weighted by molar-refractivity contribution is 6.00. The number of alkyl halides is 3. The van der Waals surface area contributed by atoms with Crippen molar-refractivity contribution in [2.75, 3.05) is 20.3 Å². The maximum absolute atomic E-state index is 12.8. The van der Waals surface area contributed by atoms with Crippen molar-refractivity contribution in [3.05, 3.63) is 35.9 Å². The van der Waals surface area contributed by atoms with Crippen LogP contribution in [0.5, 0.6) is 0 Å². The van der Waals surface area contributed by atoms with Crippen LogP contribution >= 0.6 is 0 Å². The van der Waals surface area contributed by atoms with E-state index < -0.39 is 18.8 Å². The van der Waals surface area contributed by atoms with Crippen LogP contribution in [0.15, 0.2) is 35.4 Å². The summed E-state index contributed by atoms with van der Waals surface area (Å²) in [6, 6.07) is 8.86. The molecule has 1 aromatic carbocycles. The highest BCUT2D eigenvalue weighted by Crippen LogP contribution is 2.20. The highest BCUT2D eigenvalue weighted by atomic mass is 19.4. The van der Waals surface area contributed by atoms with Crippen LogP contribution in [0.2, 0.25) is 0 Å². The van der Waals surface area contributed by atoms with Gasteiger partial charge in [0, 0.05) is 7.11 Å². The van der Waals surface area contributed by atoms with Crippen LogP contribution in [-0.2, 0) is 4.74 Å². The third kappa shape index (κ3) is 6.05. The fourth-order valence-electron chi connectivity index (χ4n) is 2.15. The third-order valence-electron chi connectivity index (χ3n) is 3.28. The molecule has 124 valence electrons. The first-order valence-corrected chi connectivity index (χ1v) is 7.36. The maximum Gasteiger partial charge on any atom is 0.407 e. The first-order valence-electron chi connectivity index (χ1n) is 7.36. The van der Waals surface area contributed by atoms with Crippen LogP contribution in [0.3, 0.4) is 0 Å². The molecule has 0 N–H and O–H groups in total. The minimum atomic E-state index is -4.31. The molecule has 0 saturated heterocycles. The lowest BCUT2D eigenvalue weighted by Crippen LogP contribution is -2.41. The number of methoxy groups -OCH3 is 1. The molecule has 6 heteroatoms. The topological polar surface area (TPSA) is 24.8 Å². The largest absolute Gasteiger partial charge is 0.407 e. The average Bonchev–Trinajstić information content (AvgIpc) is 2.48. The molecule has 0 fully saturated rings. The van der Waals surface area contributed by atoms with Gasteiger partial charge in [-0.15, -0.1) is 0 Å². The van der Waals surface area contributed by atoms with Gasteiger partial charge in [0.2, 0.25) is 0 Å². The van der Waals surface area contributed by atoms with Gasteiger partial charge in [-0.1, -0.05) is 44.2 Å². The summed E-state index contributed by atoms with van der Waals surface area (Å²) in [7, 11) is 1.48. The molecular weight excluding hydrogens is 293 g/mol. The summed E-state index contributed by atoms with van der Waals surface area (Å²) in [6.45, 7) is 2.85. The predicted molar refractivity (Wildman–Crippen MR) is 82.0 cm³/mol.